The average Bonchev–Trinajstić information content (AvgIpc) is 2.79. The zero-order valence-electron chi connectivity index (χ0n) is 15.6. The number of nitrogens with zero attached hydrogens (tertiary/aromatic N) is 3. The summed E-state index contributed by atoms with van der Waals surface area (Å²) in [5.41, 5.74) is 2.59. The van der Waals surface area contributed by atoms with Crippen LogP contribution in [0.15, 0.2) is 79.0 Å². The molecule has 28 heavy (non-hydrogen) atoms. The largest absolute Gasteiger partial charge is 0.353 e. The molecule has 0 N–H and O–H groups in total. The molecule has 138 valence electrons. The van der Waals surface area contributed by atoms with E-state index in [1.54, 1.807) is 6.20 Å². The van der Waals surface area contributed by atoms with Gasteiger partial charge >= 0.3 is 0 Å². The zero-order chi connectivity index (χ0) is 19.2. The normalized spacial score (nSPS) is 13.6. The number of amides is 1. The fourth-order valence-corrected chi connectivity index (χ4v) is 3.22. The van der Waals surface area contributed by atoms with Crippen LogP contribution in [0, 0.1) is 11.8 Å². The number of carbonyl (C=O) groups excluding carboxylic acids is 1. The molecule has 0 bridgehead atoms. The number of benzene rings is 2. The van der Waals surface area contributed by atoms with Gasteiger partial charge in [0.1, 0.15) is 5.82 Å². The summed E-state index contributed by atoms with van der Waals surface area (Å²) in [4.78, 5) is 21.3. The van der Waals surface area contributed by atoms with Gasteiger partial charge in [-0.05, 0) is 48.5 Å². The van der Waals surface area contributed by atoms with Gasteiger partial charge in [0.25, 0.3) is 5.91 Å². The standard InChI is InChI=1S/C24H21N3O/c28-24(27-18-16-26(17-19-27)23-8-4-5-15-25-23)22-13-11-21(12-14-22)10-9-20-6-2-1-3-7-20/h1-8,11-15H,16-19H2. The molecule has 3 aromatic rings. The number of rotatable bonds is 2. The predicted octanol–water partition coefficient (Wildman–Crippen LogP) is 3.44. The molecule has 1 amide bonds. The Bertz CT molecular complexity index is 981. The third-order valence-corrected chi connectivity index (χ3v) is 4.80. The van der Waals surface area contributed by atoms with Gasteiger partial charge in [0.15, 0.2) is 0 Å². The van der Waals surface area contributed by atoms with Crippen molar-refractivity contribution in [1.82, 2.24) is 9.88 Å². The Labute approximate surface area is 165 Å². The summed E-state index contributed by atoms with van der Waals surface area (Å²) in [6.07, 6.45) is 1.80. The quantitative estimate of drug-likeness (QED) is 0.651. The van der Waals surface area contributed by atoms with Crippen LogP contribution in [0.5, 0.6) is 0 Å². The van der Waals surface area contributed by atoms with E-state index in [4.69, 9.17) is 0 Å². The number of piperazine rings is 1. The summed E-state index contributed by atoms with van der Waals surface area (Å²) in [6, 6.07) is 23.3. The second-order valence-electron chi connectivity index (χ2n) is 6.66. The Morgan fingerprint density at radius 3 is 2.04 bits per heavy atom. The lowest BCUT2D eigenvalue weighted by molar-refractivity contribution is 0.0746. The van der Waals surface area contributed by atoms with Crippen molar-refractivity contribution in [1.29, 1.82) is 0 Å². The molecule has 4 nitrogen and oxygen atoms in total. The first-order chi connectivity index (χ1) is 13.8. The van der Waals surface area contributed by atoms with E-state index in [9.17, 15) is 4.79 Å². The highest BCUT2D eigenvalue weighted by Gasteiger charge is 2.22. The van der Waals surface area contributed by atoms with Crippen molar-refractivity contribution in [3.63, 3.8) is 0 Å². The summed E-state index contributed by atoms with van der Waals surface area (Å²) < 4.78 is 0. The van der Waals surface area contributed by atoms with E-state index in [0.29, 0.717) is 18.7 Å². The molecular weight excluding hydrogens is 346 g/mol. The molecule has 1 saturated heterocycles. The van der Waals surface area contributed by atoms with Crippen molar-refractivity contribution in [2.45, 2.75) is 0 Å². The van der Waals surface area contributed by atoms with Crippen LogP contribution in [0.1, 0.15) is 21.5 Å². The molecule has 0 unspecified atom stereocenters. The first-order valence-corrected chi connectivity index (χ1v) is 9.42. The number of carbonyl (C=O) groups is 1. The average molecular weight is 367 g/mol. The van der Waals surface area contributed by atoms with Gasteiger partial charge < -0.3 is 9.80 Å². The maximum Gasteiger partial charge on any atom is 0.253 e. The third-order valence-electron chi connectivity index (χ3n) is 4.80. The van der Waals surface area contributed by atoms with Gasteiger partial charge in [0.05, 0.1) is 0 Å². The van der Waals surface area contributed by atoms with Crippen molar-refractivity contribution in [2.75, 3.05) is 31.1 Å². The molecule has 1 aliphatic rings. The van der Waals surface area contributed by atoms with E-state index >= 15 is 0 Å². The fourth-order valence-electron chi connectivity index (χ4n) is 3.22. The Kier molecular flexibility index (Phi) is 5.35. The van der Waals surface area contributed by atoms with Crippen LogP contribution < -0.4 is 4.90 Å². The molecule has 4 rings (SSSR count). The topological polar surface area (TPSA) is 36.4 Å². The lowest BCUT2D eigenvalue weighted by Crippen LogP contribution is -2.49. The van der Waals surface area contributed by atoms with E-state index < -0.39 is 0 Å². The number of hydrogen-bond donors (Lipinski definition) is 0. The minimum absolute atomic E-state index is 0.0724. The Hall–Kier alpha value is -3.58. The van der Waals surface area contributed by atoms with Crippen LogP contribution >= 0.6 is 0 Å². The summed E-state index contributed by atoms with van der Waals surface area (Å²) in [7, 11) is 0. The summed E-state index contributed by atoms with van der Waals surface area (Å²) in [5.74, 6) is 7.32. The van der Waals surface area contributed by atoms with Crippen LogP contribution in [-0.4, -0.2) is 42.0 Å². The second-order valence-corrected chi connectivity index (χ2v) is 6.66. The second kappa shape index (κ2) is 8.41. The van der Waals surface area contributed by atoms with E-state index in [0.717, 1.165) is 30.0 Å². The van der Waals surface area contributed by atoms with Gasteiger partial charge in [-0.25, -0.2) is 4.98 Å². The van der Waals surface area contributed by atoms with Crippen molar-refractivity contribution in [3.8, 4) is 11.8 Å². The van der Waals surface area contributed by atoms with Crippen LogP contribution in [0.2, 0.25) is 0 Å². The first kappa shape index (κ1) is 17.8. The Balaban J connectivity index is 1.37. The Morgan fingerprint density at radius 2 is 1.39 bits per heavy atom. The van der Waals surface area contributed by atoms with E-state index in [1.165, 1.54) is 0 Å². The van der Waals surface area contributed by atoms with E-state index in [2.05, 4.69) is 21.7 Å². The SMILES string of the molecule is O=C(c1ccc(C#Cc2ccccc2)cc1)N1CCN(c2ccccn2)CC1. The van der Waals surface area contributed by atoms with Crippen LogP contribution in [0.25, 0.3) is 0 Å². The van der Waals surface area contributed by atoms with Gasteiger partial charge in [-0.2, -0.15) is 0 Å². The van der Waals surface area contributed by atoms with Gasteiger partial charge in [-0.3, -0.25) is 4.79 Å². The zero-order valence-corrected chi connectivity index (χ0v) is 15.6. The summed E-state index contributed by atoms with van der Waals surface area (Å²) >= 11 is 0. The minimum Gasteiger partial charge on any atom is -0.353 e. The molecular formula is C24H21N3O. The van der Waals surface area contributed by atoms with Crippen molar-refractivity contribution in [3.05, 3.63) is 95.7 Å². The maximum atomic E-state index is 12.8. The Morgan fingerprint density at radius 1 is 0.750 bits per heavy atom. The van der Waals surface area contributed by atoms with E-state index in [-0.39, 0.29) is 5.91 Å². The smallest absolute Gasteiger partial charge is 0.253 e. The monoisotopic (exact) mass is 367 g/mol. The van der Waals surface area contributed by atoms with Crippen LogP contribution in [0.4, 0.5) is 5.82 Å². The molecule has 0 spiro atoms. The van der Waals surface area contributed by atoms with E-state index in [1.807, 2.05) is 77.7 Å². The van der Waals surface area contributed by atoms with Crippen LogP contribution in [0.3, 0.4) is 0 Å². The molecule has 0 saturated carbocycles. The molecule has 0 radical (unpaired) electrons. The number of hydrogen-bond acceptors (Lipinski definition) is 3. The fraction of sp³-hybridized carbons (Fsp3) is 0.167. The molecule has 1 aromatic heterocycles. The molecule has 1 fully saturated rings. The van der Waals surface area contributed by atoms with Gasteiger partial charge in [0.2, 0.25) is 0 Å². The number of anilines is 1. The van der Waals surface area contributed by atoms with Crippen molar-refractivity contribution < 1.29 is 4.79 Å². The van der Waals surface area contributed by atoms with Crippen LogP contribution in [-0.2, 0) is 0 Å². The summed E-state index contributed by atoms with van der Waals surface area (Å²) in [6.45, 7) is 2.99. The highest BCUT2D eigenvalue weighted by Crippen LogP contribution is 2.15. The molecule has 2 aromatic carbocycles. The molecule has 2 heterocycles. The highest BCUT2D eigenvalue weighted by molar-refractivity contribution is 5.94. The van der Waals surface area contributed by atoms with Crippen molar-refractivity contribution in [2.24, 2.45) is 0 Å². The molecule has 1 aliphatic heterocycles. The van der Waals surface area contributed by atoms with Gasteiger partial charge in [-0.15, -0.1) is 0 Å². The maximum absolute atomic E-state index is 12.8. The third kappa shape index (κ3) is 4.21. The van der Waals surface area contributed by atoms with Gasteiger partial charge in [0, 0.05) is 49.1 Å². The number of aromatic nitrogens is 1. The van der Waals surface area contributed by atoms with Crippen molar-refractivity contribution >= 4 is 11.7 Å². The minimum atomic E-state index is 0.0724. The molecule has 0 atom stereocenters. The first-order valence-electron chi connectivity index (χ1n) is 9.42. The lowest BCUT2D eigenvalue weighted by atomic mass is 10.1. The molecule has 4 heteroatoms. The predicted molar refractivity (Wildman–Crippen MR) is 111 cm³/mol. The lowest BCUT2D eigenvalue weighted by Gasteiger charge is -2.35. The van der Waals surface area contributed by atoms with Gasteiger partial charge in [-0.1, -0.05) is 36.1 Å². The summed E-state index contributed by atoms with van der Waals surface area (Å²) in [5, 5.41) is 0. The number of pyridine rings is 1. The molecule has 0 aliphatic carbocycles. The highest BCUT2D eigenvalue weighted by atomic mass is 16.2.